The van der Waals surface area contributed by atoms with Gasteiger partial charge in [-0.05, 0) is 19.8 Å². The number of amides is 1. The smallest absolute Gasteiger partial charge is 0.257 e. The second-order valence-corrected chi connectivity index (χ2v) is 5.63. The van der Waals surface area contributed by atoms with Crippen LogP contribution in [-0.2, 0) is 14.8 Å². The Morgan fingerprint density at radius 1 is 1.36 bits per heavy atom. The van der Waals surface area contributed by atoms with E-state index in [-0.39, 0.29) is 11.7 Å². The molecule has 0 aliphatic heterocycles. The molecule has 0 aromatic carbocycles. The molecule has 0 spiro atoms. The quantitative estimate of drug-likeness (QED) is 0.719. The van der Waals surface area contributed by atoms with Gasteiger partial charge in [-0.3, -0.25) is 4.79 Å². The molecule has 0 saturated heterocycles. The molecule has 0 aromatic heterocycles. The van der Waals surface area contributed by atoms with Crippen LogP contribution in [0.1, 0.15) is 27.7 Å². The molecule has 0 fully saturated rings. The Balaban J connectivity index is 4.39. The van der Waals surface area contributed by atoms with Crippen LogP contribution in [0.4, 0.5) is 0 Å². The topological polar surface area (TPSA) is 63.2 Å². The second-order valence-electron chi connectivity index (χ2n) is 3.86. The van der Waals surface area contributed by atoms with E-state index in [9.17, 15) is 13.2 Å². The van der Waals surface area contributed by atoms with Crippen molar-refractivity contribution < 1.29 is 13.2 Å². The van der Waals surface area contributed by atoms with Crippen molar-refractivity contribution in [3.8, 4) is 0 Å². The van der Waals surface area contributed by atoms with E-state index in [1.165, 1.54) is 6.08 Å². The molecular formula is C9H17NO3S. The molecule has 0 radical (unpaired) electrons. The summed E-state index contributed by atoms with van der Waals surface area (Å²) in [7, 11) is -3.47. The van der Waals surface area contributed by atoms with Crippen molar-refractivity contribution in [1.82, 2.24) is 4.72 Å². The molecule has 5 heteroatoms. The number of carbonyl (C=O) groups excluding carboxylic acids is 1. The first-order chi connectivity index (χ1) is 6.23. The van der Waals surface area contributed by atoms with Gasteiger partial charge in [0, 0.05) is 6.08 Å². The monoisotopic (exact) mass is 219 g/mol. The zero-order valence-electron chi connectivity index (χ0n) is 8.99. The molecule has 0 heterocycles. The largest absolute Gasteiger partial charge is 0.269 e. The molecule has 0 rings (SSSR count). The van der Waals surface area contributed by atoms with E-state index in [4.69, 9.17) is 0 Å². The minimum Gasteiger partial charge on any atom is -0.269 e. The van der Waals surface area contributed by atoms with Gasteiger partial charge in [0.05, 0.1) is 5.75 Å². The van der Waals surface area contributed by atoms with E-state index >= 15 is 0 Å². The fourth-order valence-corrected chi connectivity index (χ4v) is 2.25. The normalized spacial score (nSPS) is 11.2. The van der Waals surface area contributed by atoms with Crippen molar-refractivity contribution in [3.05, 3.63) is 11.6 Å². The highest BCUT2D eigenvalue weighted by Gasteiger charge is 2.14. The minimum absolute atomic E-state index is 0.00648. The van der Waals surface area contributed by atoms with Crippen LogP contribution in [-0.4, -0.2) is 20.1 Å². The Bertz CT molecular complexity index is 324. The van der Waals surface area contributed by atoms with Gasteiger partial charge >= 0.3 is 0 Å². The van der Waals surface area contributed by atoms with Gasteiger partial charge in [0.1, 0.15) is 0 Å². The maximum Gasteiger partial charge on any atom is 0.257 e. The Morgan fingerprint density at radius 2 is 1.86 bits per heavy atom. The third kappa shape index (κ3) is 6.65. The molecule has 0 bridgehead atoms. The van der Waals surface area contributed by atoms with Gasteiger partial charge < -0.3 is 0 Å². The summed E-state index contributed by atoms with van der Waals surface area (Å²) >= 11 is 0. The predicted octanol–water partition coefficient (Wildman–Crippen LogP) is 1.05. The highest BCUT2D eigenvalue weighted by atomic mass is 32.2. The van der Waals surface area contributed by atoms with Crippen LogP contribution in [0.15, 0.2) is 11.6 Å². The summed E-state index contributed by atoms with van der Waals surface area (Å²) < 4.78 is 24.5. The number of hydrogen-bond donors (Lipinski definition) is 1. The molecule has 0 aliphatic carbocycles. The van der Waals surface area contributed by atoms with E-state index in [0.717, 1.165) is 5.57 Å². The van der Waals surface area contributed by atoms with Crippen LogP contribution in [0.2, 0.25) is 0 Å². The number of hydrogen-bond acceptors (Lipinski definition) is 3. The molecule has 0 aliphatic rings. The first-order valence-electron chi connectivity index (χ1n) is 4.42. The van der Waals surface area contributed by atoms with Crippen molar-refractivity contribution >= 4 is 15.9 Å². The molecule has 0 aromatic rings. The summed E-state index contributed by atoms with van der Waals surface area (Å²) in [5.74, 6) is -0.604. The second kappa shape index (κ2) is 5.14. The van der Waals surface area contributed by atoms with E-state index < -0.39 is 15.9 Å². The summed E-state index contributed by atoms with van der Waals surface area (Å²) in [5.41, 5.74) is 0.766. The maximum absolute atomic E-state index is 11.3. The molecule has 82 valence electrons. The lowest BCUT2D eigenvalue weighted by Gasteiger charge is -2.06. The van der Waals surface area contributed by atoms with E-state index in [0.29, 0.717) is 0 Å². The Morgan fingerprint density at radius 3 is 2.21 bits per heavy atom. The molecule has 0 atom stereocenters. The fraction of sp³-hybridized carbons (Fsp3) is 0.667. The molecule has 1 N–H and O–H groups in total. The molecule has 1 amide bonds. The third-order valence-electron chi connectivity index (χ3n) is 1.23. The molecule has 4 nitrogen and oxygen atoms in total. The van der Waals surface area contributed by atoms with E-state index in [1.54, 1.807) is 27.7 Å². The first-order valence-corrected chi connectivity index (χ1v) is 6.07. The van der Waals surface area contributed by atoms with Gasteiger partial charge in [-0.15, -0.1) is 0 Å². The van der Waals surface area contributed by atoms with Gasteiger partial charge in [0.25, 0.3) is 5.91 Å². The number of rotatable bonds is 4. The van der Waals surface area contributed by atoms with Crippen molar-refractivity contribution in [3.63, 3.8) is 0 Å². The van der Waals surface area contributed by atoms with Gasteiger partial charge in [-0.25, -0.2) is 13.1 Å². The van der Waals surface area contributed by atoms with E-state index in [1.807, 2.05) is 4.72 Å². The molecular weight excluding hydrogens is 202 g/mol. The summed E-state index contributed by atoms with van der Waals surface area (Å²) in [6, 6.07) is 0. The van der Waals surface area contributed by atoms with Gasteiger partial charge in [0.2, 0.25) is 10.0 Å². The summed E-state index contributed by atoms with van der Waals surface area (Å²) in [6.45, 7) is 7.03. The molecule has 0 saturated carbocycles. The zero-order chi connectivity index (χ0) is 11.4. The lowest BCUT2D eigenvalue weighted by atomic mass is 10.3. The van der Waals surface area contributed by atoms with Crippen LogP contribution in [0.5, 0.6) is 0 Å². The summed E-state index contributed by atoms with van der Waals surface area (Å²) in [4.78, 5) is 11.1. The lowest BCUT2D eigenvalue weighted by Crippen LogP contribution is -2.32. The van der Waals surface area contributed by atoms with Gasteiger partial charge in [-0.1, -0.05) is 19.4 Å². The van der Waals surface area contributed by atoms with Gasteiger partial charge in [-0.2, -0.15) is 0 Å². The number of sulfonamides is 1. The van der Waals surface area contributed by atoms with Gasteiger partial charge in [0.15, 0.2) is 0 Å². The van der Waals surface area contributed by atoms with Crippen LogP contribution in [0, 0.1) is 5.92 Å². The van der Waals surface area contributed by atoms with Crippen LogP contribution in [0.3, 0.4) is 0 Å². The number of nitrogens with one attached hydrogen (secondary N) is 1. The maximum atomic E-state index is 11.3. The highest BCUT2D eigenvalue weighted by Crippen LogP contribution is 1.98. The summed E-state index contributed by atoms with van der Waals surface area (Å²) in [5, 5.41) is 0. The van der Waals surface area contributed by atoms with Crippen LogP contribution >= 0.6 is 0 Å². The highest BCUT2D eigenvalue weighted by molar-refractivity contribution is 7.90. The van der Waals surface area contributed by atoms with Crippen molar-refractivity contribution in [2.24, 2.45) is 5.92 Å². The Labute approximate surface area is 85.4 Å². The average molecular weight is 219 g/mol. The van der Waals surface area contributed by atoms with Crippen molar-refractivity contribution in [1.29, 1.82) is 0 Å². The molecule has 0 unspecified atom stereocenters. The standard InChI is InChI=1S/C9H17NO3S/c1-7(2)5-9(11)10-14(12,13)6-8(3)4/h5,8H,6H2,1-4H3,(H,10,11). The molecule has 14 heavy (non-hydrogen) atoms. The van der Waals surface area contributed by atoms with E-state index in [2.05, 4.69) is 0 Å². The van der Waals surface area contributed by atoms with Crippen molar-refractivity contribution in [2.75, 3.05) is 5.75 Å². The Hall–Kier alpha value is -0.840. The zero-order valence-corrected chi connectivity index (χ0v) is 9.81. The third-order valence-corrected chi connectivity index (χ3v) is 2.85. The average Bonchev–Trinajstić information content (AvgIpc) is 1.77. The van der Waals surface area contributed by atoms with Crippen LogP contribution < -0.4 is 4.72 Å². The summed E-state index contributed by atoms with van der Waals surface area (Å²) in [6.07, 6.45) is 1.26. The number of allylic oxidation sites excluding steroid dienone is 1. The van der Waals surface area contributed by atoms with Crippen LogP contribution in [0.25, 0.3) is 0 Å². The Kier molecular flexibility index (Phi) is 4.83. The fourth-order valence-electron chi connectivity index (χ4n) is 0.925. The van der Waals surface area contributed by atoms with Crippen molar-refractivity contribution in [2.45, 2.75) is 27.7 Å². The lowest BCUT2D eigenvalue weighted by molar-refractivity contribution is -0.114. The number of carbonyl (C=O) groups is 1. The SMILES string of the molecule is CC(C)=CC(=O)NS(=O)(=O)CC(C)C. The minimum atomic E-state index is -3.47. The first kappa shape index (κ1) is 13.2. The predicted molar refractivity (Wildman–Crippen MR) is 56.2 cm³/mol.